The molecule has 1 fully saturated rings. The minimum atomic E-state index is -0.161. The highest BCUT2D eigenvalue weighted by atomic mass is 32.1. The van der Waals surface area contributed by atoms with Crippen molar-refractivity contribution in [3.63, 3.8) is 0 Å². The van der Waals surface area contributed by atoms with Crippen LogP contribution < -0.4 is 5.32 Å². The Bertz CT molecular complexity index is 655. The van der Waals surface area contributed by atoms with Crippen LogP contribution in [-0.4, -0.2) is 29.8 Å². The highest BCUT2D eigenvalue weighted by molar-refractivity contribution is 7.10. The Hall–Kier alpha value is -2.14. The lowest BCUT2D eigenvalue weighted by Gasteiger charge is -2.25. The molecule has 1 aliphatic heterocycles. The van der Waals surface area contributed by atoms with Crippen molar-refractivity contribution in [2.45, 2.75) is 25.3 Å². The van der Waals surface area contributed by atoms with Crippen molar-refractivity contribution in [3.8, 4) is 0 Å². The molecule has 2 heterocycles. The first kappa shape index (κ1) is 15.7. The zero-order chi connectivity index (χ0) is 16.1. The summed E-state index contributed by atoms with van der Waals surface area (Å²) in [6.45, 7) is 1.32. The molecule has 1 aliphatic rings. The predicted octanol–water partition coefficient (Wildman–Crippen LogP) is 2.77. The molecule has 0 radical (unpaired) electrons. The fourth-order valence-corrected chi connectivity index (χ4v) is 3.56. The highest BCUT2D eigenvalue weighted by Gasteiger charge is 2.25. The van der Waals surface area contributed by atoms with Crippen molar-refractivity contribution < 1.29 is 9.59 Å². The molecule has 120 valence electrons. The molecule has 2 aromatic rings. The summed E-state index contributed by atoms with van der Waals surface area (Å²) in [5, 5.41) is 5.07. The third kappa shape index (κ3) is 4.20. The Labute approximate surface area is 140 Å². The number of likely N-dealkylation sites (tertiary alicyclic amines) is 1. The molecule has 23 heavy (non-hydrogen) atoms. The third-order valence-corrected chi connectivity index (χ3v) is 4.90. The van der Waals surface area contributed by atoms with Crippen molar-refractivity contribution >= 4 is 23.2 Å². The predicted molar refractivity (Wildman–Crippen MR) is 91.2 cm³/mol. The van der Waals surface area contributed by atoms with Crippen molar-refractivity contribution in [3.05, 3.63) is 58.3 Å². The van der Waals surface area contributed by atoms with Gasteiger partial charge >= 0.3 is 0 Å². The van der Waals surface area contributed by atoms with Gasteiger partial charge in [-0.25, -0.2) is 0 Å². The molecule has 1 N–H and O–H groups in total. The summed E-state index contributed by atoms with van der Waals surface area (Å²) in [6.07, 6.45) is 1.91. The molecule has 2 amide bonds. The van der Waals surface area contributed by atoms with Gasteiger partial charge in [0.05, 0.1) is 12.5 Å². The number of benzene rings is 1. The van der Waals surface area contributed by atoms with Crippen LogP contribution in [-0.2, 0) is 16.0 Å². The number of hydrogen-bond acceptors (Lipinski definition) is 3. The largest absolute Gasteiger partial charge is 0.347 e. The van der Waals surface area contributed by atoms with Crippen LogP contribution in [0.1, 0.15) is 29.3 Å². The van der Waals surface area contributed by atoms with E-state index in [4.69, 9.17) is 0 Å². The number of carbonyl (C=O) groups excluding carboxylic acids is 2. The first-order chi connectivity index (χ1) is 11.2. The average molecular weight is 328 g/mol. The standard InChI is InChI=1S/C18H20N2O2S/c21-17(12-15-8-5-11-23-15)19-16(14-6-2-1-3-7-14)13-20-10-4-9-18(20)22/h1-3,5-8,11,16H,4,9-10,12-13H2,(H,19,21)/t16-/m0/s1. The normalized spacial score (nSPS) is 15.7. The molecular weight excluding hydrogens is 308 g/mol. The Kier molecular flexibility index (Phi) is 5.08. The quantitative estimate of drug-likeness (QED) is 0.886. The summed E-state index contributed by atoms with van der Waals surface area (Å²) in [5.41, 5.74) is 1.03. The minimum Gasteiger partial charge on any atom is -0.347 e. The van der Waals surface area contributed by atoms with E-state index in [2.05, 4.69) is 5.32 Å². The first-order valence-corrected chi connectivity index (χ1v) is 8.75. The SMILES string of the molecule is O=C(Cc1cccs1)N[C@@H](CN1CCCC1=O)c1ccccc1. The second-order valence-electron chi connectivity index (χ2n) is 5.73. The van der Waals surface area contributed by atoms with E-state index in [0.29, 0.717) is 19.4 Å². The molecule has 0 unspecified atom stereocenters. The van der Waals surface area contributed by atoms with Crippen molar-refractivity contribution in [1.29, 1.82) is 0 Å². The van der Waals surface area contributed by atoms with E-state index in [1.54, 1.807) is 11.3 Å². The van der Waals surface area contributed by atoms with Gasteiger partial charge in [-0.1, -0.05) is 36.4 Å². The fraction of sp³-hybridized carbons (Fsp3) is 0.333. The van der Waals surface area contributed by atoms with E-state index in [1.807, 2.05) is 52.7 Å². The second kappa shape index (κ2) is 7.42. The monoisotopic (exact) mass is 328 g/mol. The zero-order valence-corrected chi connectivity index (χ0v) is 13.7. The molecule has 0 bridgehead atoms. The van der Waals surface area contributed by atoms with Crippen molar-refractivity contribution in [1.82, 2.24) is 10.2 Å². The van der Waals surface area contributed by atoms with E-state index in [9.17, 15) is 9.59 Å². The van der Waals surface area contributed by atoms with Gasteiger partial charge < -0.3 is 10.2 Å². The maximum Gasteiger partial charge on any atom is 0.225 e. The number of thiophene rings is 1. The van der Waals surface area contributed by atoms with Crippen LogP contribution in [0.2, 0.25) is 0 Å². The van der Waals surface area contributed by atoms with E-state index in [-0.39, 0.29) is 17.9 Å². The molecule has 5 heteroatoms. The zero-order valence-electron chi connectivity index (χ0n) is 12.9. The van der Waals surface area contributed by atoms with E-state index >= 15 is 0 Å². The van der Waals surface area contributed by atoms with Crippen LogP contribution in [0.5, 0.6) is 0 Å². The topological polar surface area (TPSA) is 49.4 Å². The van der Waals surface area contributed by atoms with Crippen LogP contribution in [0.3, 0.4) is 0 Å². The fourth-order valence-electron chi connectivity index (χ4n) is 2.85. The molecule has 0 spiro atoms. The summed E-state index contributed by atoms with van der Waals surface area (Å²) >= 11 is 1.58. The molecule has 1 saturated heterocycles. The number of rotatable bonds is 6. The number of carbonyl (C=O) groups is 2. The number of amides is 2. The number of nitrogens with one attached hydrogen (secondary N) is 1. The molecule has 1 aromatic heterocycles. The lowest BCUT2D eigenvalue weighted by molar-refractivity contribution is -0.129. The van der Waals surface area contributed by atoms with Gasteiger partial charge in [0.25, 0.3) is 0 Å². The molecule has 1 aromatic carbocycles. The minimum absolute atomic E-state index is 0.00653. The van der Waals surface area contributed by atoms with Crippen molar-refractivity contribution in [2.24, 2.45) is 0 Å². The Morgan fingerprint density at radius 1 is 1.22 bits per heavy atom. The van der Waals surface area contributed by atoms with Crippen LogP contribution >= 0.6 is 11.3 Å². The lowest BCUT2D eigenvalue weighted by Crippen LogP contribution is -2.39. The Balaban J connectivity index is 1.69. The Morgan fingerprint density at radius 2 is 2.04 bits per heavy atom. The summed E-state index contributed by atoms with van der Waals surface area (Å²) in [7, 11) is 0. The first-order valence-electron chi connectivity index (χ1n) is 7.87. The molecule has 3 rings (SSSR count). The van der Waals surface area contributed by atoms with Gasteiger partial charge in [0.1, 0.15) is 0 Å². The van der Waals surface area contributed by atoms with E-state index in [1.165, 1.54) is 0 Å². The van der Waals surface area contributed by atoms with Crippen molar-refractivity contribution in [2.75, 3.05) is 13.1 Å². The molecule has 4 nitrogen and oxygen atoms in total. The molecule has 0 aliphatic carbocycles. The van der Waals surface area contributed by atoms with Crippen LogP contribution in [0, 0.1) is 0 Å². The van der Waals surface area contributed by atoms with Crippen LogP contribution in [0.25, 0.3) is 0 Å². The van der Waals surface area contributed by atoms with E-state index in [0.717, 1.165) is 23.4 Å². The van der Waals surface area contributed by atoms with Gasteiger partial charge in [-0.05, 0) is 23.4 Å². The van der Waals surface area contributed by atoms with Gasteiger partial charge in [0.15, 0.2) is 0 Å². The lowest BCUT2D eigenvalue weighted by atomic mass is 10.1. The summed E-state index contributed by atoms with van der Waals surface area (Å²) in [6, 6.07) is 13.6. The molecule has 1 atom stereocenters. The van der Waals surface area contributed by atoms with Gasteiger partial charge in [-0.15, -0.1) is 11.3 Å². The van der Waals surface area contributed by atoms with Gasteiger partial charge in [-0.3, -0.25) is 9.59 Å². The molecular formula is C18H20N2O2S. The van der Waals surface area contributed by atoms with Crippen LogP contribution in [0.4, 0.5) is 0 Å². The summed E-state index contributed by atoms with van der Waals surface area (Å²) < 4.78 is 0. The number of nitrogens with zero attached hydrogens (tertiary/aromatic N) is 1. The molecule has 0 saturated carbocycles. The second-order valence-corrected chi connectivity index (χ2v) is 6.76. The van der Waals surface area contributed by atoms with Gasteiger partial charge in [0, 0.05) is 24.4 Å². The van der Waals surface area contributed by atoms with Crippen LogP contribution in [0.15, 0.2) is 47.8 Å². The summed E-state index contributed by atoms with van der Waals surface area (Å²) in [4.78, 5) is 27.1. The average Bonchev–Trinajstić information content (AvgIpc) is 3.20. The highest BCUT2D eigenvalue weighted by Crippen LogP contribution is 2.19. The summed E-state index contributed by atoms with van der Waals surface area (Å²) in [5.74, 6) is 0.173. The maximum atomic E-state index is 12.3. The van der Waals surface area contributed by atoms with Gasteiger partial charge in [0.2, 0.25) is 11.8 Å². The maximum absolute atomic E-state index is 12.3. The Morgan fingerprint density at radius 3 is 2.70 bits per heavy atom. The van der Waals surface area contributed by atoms with E-state index < -0.39 is 0 Å². The number of hydrogen-bond donors (Lipinski definition) is 1. The third-order valence-electron chi connectivity index (χ3n) is 4.03. The van der Waals surface area contributed by atoms with Gasteiger partial charge in [-0.2, -0.15) is 0 Å². The smallest absolute Gasteiger partial charge is 0.225 e.